The van der Waals surface area contributed by atoms with E-state index >= 15 is 0 Å². The molecule has 0 bridgehead atoms. The van der Waals surface area contributed by atoms with Gasteiger partial charge >= 0.3 is 6.03 Å². The zero-order valence-corrected chi connectivity index (χ0v) is 20.2. The van der Waals surface area contributed by atoms with Crippen molar-refractivity contribution < 1.29 is 14.0 Å². The Morgan fingerprint density at radius 3 is 2.47 bits per heavy atom. The number of carbonyl (C=O) groups excluding carboxylic acids is 2. The van der Waals surface area contributed by atoms with Crippen LogP contribution in [0, 0.1) is 12.7 Å². The van der Waals surface area contributed by atoms with E-state index in [-0.39, 0.29) is 22.5 Å². The van der Waals surface area contributed by atoms with Crippen LogP contribution in [0.25, 0.3) is 0 Å². The van der Waals surface area contributed by atoms with Crippen LogP contribution in [-0.4, -0.2) is 28.1 Å². The number of hydrogen-bond acceptors (Lipinski definition) is 3. The van der Waals surface area contributed by atoms with Crippen molar-refractivity contribution in [3.63, 3.8) is 0 Å². The fourth-order valence-electron chi connectivity index (χ4n) is 4.76. The molecule has 5 rings (SSSR count). The van der Waals surface area contributed by atoms with Gasteiger partial charge < -0.3 is 10.2 Å². The predicted octanol–water partition coefficient (Wildman–Crippen LogP) is 5.89. The molecule has 0 saturated carbocycles. The third-order valence-electron chi connectivity index (χ3n) is 6.21. The van der Waals surface area contributed by atoms with Gasteiger partial charge in [-0.25, -0.2) is 9.18 Å². The van der Waals surface area contributed by atoms with Crippen LogP contribution in [0.4, 0.5) is 20.6 Å². The molecule has 1 saturated heterocycles. The molecule has 0 aromatic heterocycles. The number of nitrogens with zero attached hydrogens (tertiary/aromatic N) is 2. The van der Waals surface area contributed by atoms with Crippen LogP contribution in [0.15, 0.2) is 72.8 Å². The summed E-state index contributed by atoms with van der Waals surface area (Å²) < 4.78 is 13.1. The van der Waals surface area contributed by atoms with Crippen LogP contribution in [0.3, 0.4) is 0 Å². The van der Waals surface area contributed by atoms with E-state index in [4.69, 9.17) is 0 Å². The monoisotopic (exact) mass is 475 g/mol. The SMILES string of the molecule is Cc1ccc2c(c1)[C@]1(SC(C)(C)CN1C(=O)Nc1ccccc1)C(=O)N2Cc1ccc(F)cc1. The smallest absolute Gasteiger partial charge is 0.308 e. The molecule has 2 heterocycles. The van der Waals surface area contributed by atoms with Gasteiger partial charge in [0.1, 0.15) is 5.82 Å². The van der Waals surface area contributed by atoms with Crippen molar-refractivity contribution in [1.82, 2.24) is 4.90 Å². The van der Waals surface area contributed by atoms with Gasteiger partial charge in [-0.3, -0.25) is 9.69 Å². The molecule has 1 atom stereocenters. The van der Waals surface area contributed by atoms with Crippen molar-refractivity contribution in [3.8, 4) is 0 Å². The molecule has 1 spiro atoms. The highest BCUT2D eigenvalue weighted by atomic mass is 32.2. The first-order valence-electron chi connectivity index (χ1n) is 11.2. The summed E-state index contributed by atoms with van der Waals surface area (Å²) in [5, 5.41) is 2.97. The molecule has 7 heteroatoms. The molecule has 34 heavy (non-hydrogen) atoms. The third-order valence-corrected chi connectivity index (χ3v) is 7.80. The second-order valence-electron chi connectivity index (χ2n) is 9.43. The van der Waals surface area contributed by atoms with Gasteiger partial charge in [0, 0.05) is 22.5 Å². The van der Waals surface area contributed by atoms with Crippen molar-refractivity contribution in [2.45, 2.75) is 36.9 Å². The molecule has 1 fully saturated rings. The average molecular weight is 476 g/mol. The van der Waals surface area contributed by atoms with Gasteiger partial charge in [-0.05, 0) is 56.7 Å². The first-order chi connectivity index (χ1) is 16.2. The van der Waals surface area contributed by atoms with E-state index in [9.17, 15) is 14.0 Å². The molecule has 2 aliphatic heterocycles. The normalized spacial score (nSPS) is 20.6. The van der Waals surface area contributed by atoms with Crippen LogP contribution in [0.1, 0.15) is 30.5 Å². The summed E-state index contributed by atoms with van der Waals surface area (Å²) in [7, 11) is 0. The number of carbonyl (C=O) groups is 2. The van der Waals surface area contributed by atoms with E-state index in [1.807, 2.05) is 55.5 Å². The minimum absolute atomic E-state index is 0.156. The van der Waals surface area contributed by atoms with Crippen molar-refractivity contribution >= 4 is 35.1 Å². The molecule has 3 amide bonds. The summed E-state index contributed by atoms with van der Waals surface area (Å²) in [6.45, 7) is 6.81. The molecule has 1 N–H and O–H groups in total. The molecular weight excluding hydrogens is 449 g/mol. The maximum Gasteiger partial charge on any atom is 0.323 e. The number of rotatable bonds is 3. The van der Waals surface area contributed by atoms with E-state index < -0.39 is 4.87 Å². The molecule has 3 aromatic carbocycles. The Bertz CT molecular complexity index is 1260. The van der Waals surface area contributed by atoms with E-state index in [1.165, 1.54) is 23.9 Å². The van der Waals surface area contributed by atoms with Crippen LogP contribution >= 0.6 is 11.8 Å². The molecule has 2 aliphatic rings. The van der Waals surface area contributed by atoms with Crippen LogP contribution in [-0.2, 0) is 16.2 Å². The number of thioether (sulfide) groups is 1. The van der Waals surface area contributed by atoms with Gasteiger partial charge in [-0.2, -0.15) is 0 Å². The molecule has 174 valence electrons. The number of aryl methyl sites for hydroxylation is 1. The number of halogens is 1. The van der Waals surface area contributed by atoms with E-state index in [1.54, 1.807) is 21.9 Å². The predicted molar refractivity (Wildman–Crippen MR) is 134 cm³/mol. The quantitative estimate of drug-likeness (QED) is 0.514. The maximum absolute atomic E-state index is 14.2. The van der Waals surface area contributed by atoms with E-state index in [2.05, 4.69) is 19.2 Å². The summed E-state index contributed by atoms with van der Waals surface area (Å²) in [5.74, 6) is -0.475. The highest BCUT2D eigenvalue weighted by Gasteiger charge is 2.63. The molecular formula is C27H26FN3O2S. The minimum atomic E-state index is -1.18. The third kappa shape index (κ3) is 3.74. The number of fused-ring (bicyclic) bond motifs is 2. The van der Waals surface area contributed by atoms with E-state index in [0.29, 0.717) is 18.8 Å². The van der Waals surface area contributed by atoms with Crippen LogP contribution in [0.2, 0.25) is 0 Å². The summed E-state index contributed by atoms with van der Waals surface area (Å²) in [6, 6.07) is 21.0. The molecule has 0 unspecified atom stereocenters. The van der Waals surface area contributed by atoms with Gasteiger partial charge in [-0.15, -0.1) is 11.8 Å². The second-order valence-corrected chi connectivity index (χ2v) is 11.3. The van der Waals surface area contributed by atoms with Crippen molar-refractivity contribution in [3.05, 3.63) is 95.3 Å². The number of urea groups is 1. The highest BCUT2D eigenvalue weighted by Crippen LogP contribution is 2.60. The number of nitrogens with one attached hydrogen (secondary N) is 1. The fourth-order valence-corrected chi connectivity index (χ4v) is 6.48. The Labute approximate surface area is 202 Å². The molecule has 0 aliphatic carbocycles. The van der Waals surface area contributed by atoms with Crippen molar-refractivity contribution in [1.29, 1.82) is 0 Å². The number of benzene rings is 3. The lowest BCUT2D eigenvalue weighted by atomic mass is 10.0. The lowest BCUT2D eigenvalue weighted by Gasteiger charge is -2.33. The number of amides is 3. The number of para-hydroxylation sites is 1. The zero-order chi connectivity index (χ0) is 24.1. The maximum atomic E-state index is 14.2. The Kier molecular flexibility index (Phi) is 5.40. The lowest BCUT2D eigenvalue weighted by molar-refractivity contribution is -0.123. The van der Waals surface area contributed by atoms with Crippen LogP contribution in [0.5, 0.6) is 0 Å². The average Bonchev–Trinajstić information content (AvgIpc) is 3.22. The topological polar surface area (TPSA) is 52.7 Å². The van der Waals surface area contributed by atoms with Gasteiger partial charge in [0.25, 0.3) is 5.91 Å². The summed E-state index contributed by atoms with van der Waals surface area (Å²) in [4.78, 5) is 30.1. The molecule has 0 radical (unpaired) electrons. The van der Waals surface area contributed by atoms with Gasteiger partial charge in [0.15, 0.2) is 4.87 Å². The summed E-state index contributed by atoms with van der Waals surface area (Å²) in [5.41, 5.74) is 4.11. The standard InChI is InChI=1S/C27H26FN3O2S/c1-18-9-14-23-22(15-18)27(24(32)30(23)16-19-10-12-20(28)13-11-19)31(17-26(2,3)34-27)25(33)29-21-7-5-4-6-8-21/h4-15H,16-17H2,1-3H3,(H,29,33)/t27-/m0/s1. The number of anilines is 2. The Morgan fingerprint density at radius 1 is 1.06 bits per heavy atom. The van der Waals surface area contributed by atoms with Crippen molar-refractivity contribution in [2.75, 3.05) is 16.8 Å². The number of hydrogen-bond donors (Lipinski definition) is 1. The van der Waals surface area contributed by atoms with Gasteiger partial charge in [0.05, 0.1) is 12.2 Å². The highest BCUT2D eigenvalue weighted by molar-refractivity contribution is 8.02. The Morgan fingerprint density at radius 2 is 1.76 bits per heavy atom. The molecule has 5 nitrogen and oxygen atoms in total. The Balaban J connectivity index is 1.59. The fraction of sp³-hybridized carbons (Fsp3) is 0.259. The summed E-state index contributed by atoms with van der Waals surface area (Å²) in [6.07, 6.45) is 0. The van der Waals surface area contributed by atoms with Gasteiger partial charge in [0.2, 0.25) is 0 Å². The largest absolute Gasteiger partial charge is 0.323 e. The minimum Gasteiger partial charge on any atom is -0.308 e. The first kappa shape index (κ1) is 22.5. The summed E-state index contributed by atoms with van der Waals surface area (Å²) >= 11 is 1.51. The first-order valence-corrected chi connectivity index (χ1v) is 12.0. The Hall–Kier alpha value is -3.32. The molecule has 3 aromatic rings. The lowest BCUT2D eigenvalue weighted by Crippen LogP contribution is -2.51. The second kappa shape index (κ2) is 8.17. The zero-order valence-electron chi connectivity index (χ0n) is 19.3. The van der Waals surface area contributed by atoms with Crippen molar-refractivity contribution in [2.24, 2.45) is 0 Å². The van der Waals surface area contributed by atoms with Gasteiger partial charge in [-0.1, -0.05) is 48.0 Å². The van der Waals surface area contributed by atoms with E-state index in [0.717, 1.165) is 22.4 Å². The van der Waals surface area contributed by atoms with Crippen LogP contribution < -0.4 is 10.2 Å².